The number of hydrogen-bond acceptors (Lipinski definition) is 3. The Labute approximate surface area is 100 Å². The molecule has 1 unspecified atom stereocenters. The Kier molecular flexibility index (Phi) is 3.70. The van der Waals surface area contributed by atoms with Crippen LogP contribution in [0, 0.1) is 6.92 Å². The Bertz CT molecular complexity index is 437. The Hall–Kier alpha value is -1.19. The van der Waals surface area contributed by atoms with E-state index < -0.39 is 0 Å². The standard InChI is InChI=1S/C13H16N2S/c1-10-4-2-8-15-13(10)12(14)7-6-11-5-3-9-16-11/h2-5,8-9,12H,6-7,14H2,1H3. The average molecular weight is 232 g/mol. The first-order chi connectivity index (χ1) is 7.77. The third kappa shape index (κ3) is 2.68. The highest BCUT2D eigenvalue weighted by molar-refractivity contribution is 7.09. The lowest BCUT2D eigenvalue weighted by Crippen LogP contribution is -2.14. The maximum absolute atomic E-state index is 6.15. The zero-order chi connectivity index (χ0) is 11.4. The van der Waals surface area contributed by atoms with Crippen LogP contribution >= 0.6 is 11.3 Å². The van der Waals surface area contributed by atoms with Gasteiger partial charge in [0.1, 0.15) is 0 Å². The van der Waals surface area contributed by atoms with E-state index in [0.717, 1.165) is 18.5 Å². The second kappa shape index (κ2) is 5.23. The van der Waals surface area contributed by atoms with E-state index in [1.54, 1.807) is 11.3 Å². The van der Waals surface area contributed by atoms with Gasteiger partial charge in [-0.15, -0.1) is 11.3 Å². The fourth-order valence-electron chi connectivity index (χ4n) is 1.78. The molecule has 2 aromatic heterocycles. The van der Waals surface area contributed by atoms with Gasteiger partial charge in [-0.05, 0) is 42.8 Å². The van der Waals surface area contributed by atoms with Crippen LogP contribution in [0.25, 0.3) is 0 Å². The minimum atomic E-state index is 0.0447. The van der Waals surface area contributed by atoms with Gasteiger partial charge in [0.2, 0.25) is 0 Å². The van der Waals surface area contributed by atoms with Crippen LogP contribution in [0.4, 0.5) is 0 Å². The van der Waals surface area contributed by atoms with Gasteiger partial charge < -0.3 is 5.73 Å². The maximum atomic E-state index is 6.15. The smallest absolute Gasteiger partial charge is 0.0600 e. The summed E-state index contributed by atoms with van der Waals surface area (Å²) in [5.41, 5.74) is 8.36. The number of aromatic nitrogens is 1. The molecule has 0 spiro atoms. The van der Waals surface area contributed by atoms with Gasteiger partial charge in [0.25, 0.3) is 0 Å². The zero-order valence-corrected chi connectivity index (χ0v) is 10.2. The molecule has 0 aliphatic heterocycles. The van der Waals surface area contributed by atoms with Crippen molar-refractivity contribution in [2.45, 2.75) is 25.8 Å². The van der Waals surface area contributed by atoms with Gasteiger partial charge in [-0.25, -0.2) is 0 Å². The lowest BCUT2D eigenvalue weighted by atomic mass is 10.0. The molecule has 2 heterocycles. The Morgan fingerprint density at radius 1 is 1.38 bits per heavy atom. The van der Waals surface area contributed by atoms with Crippen molar-refractivity contribution in [3.05, 3.63) is 52.0 Å². The quantitative estimate of drug-likeness (QED) is 0.879. The molecule has 0 saturated carbocycles. The molecule has 0 radical (unpaired) electrons. The van der Waals surface area contributed by atoms with E-state index in [9.17, 15) is 0 Å². The molecule has 2 nitrogen and oxygen atoms in total. The van der Waals surface area contributed by atoms with Crippen LogP contribution in [0.3, 0.4) is 0 Å². The van der Waals surface area contributed by atoms with Crippen molar-refractivity contribution in [3.63, 3.8) is 0 Å². The third-order valence-electron chi connectivity index (χ3n) is 2.68. The van der Waals surface area contributed by atoms with E-state index in [1.807, 2.05) is 12.3 Å². The maximum Gasteiger partial charge on any atom is 0.0600 e. The Morgan fingerprint density at radius 2 is 2.25 bits per heavy atom. The monoisotopic (exact) mass is 232 g/mol. The number of pyridine rings is 1. The van der Waals surface area contributed by atoms with Crippen LogP contribution in [0.5, 0.6) is 0 Å². The van der Waals surface area contributed by atoms with Crippen molar-refractivity contribution in [1.29, 1.82) is 0 Å². The van der Waals surface area contributed by atoms with Crippen LogP contribution in [-0.4, -0.2) is 4.98 Å². The number of hydrogen-bond donors (Lipinski definition) is 1. The van der Waals surface area contributed by atoms with Crippen molar-refractivity contribution in [2.75, 3.05) is 0 Å². The first-order valence-corrected chi connectivity index (χ1v) is 6.35. The molecule has 84 valence electrons. The molecule has 2 aromatic rings. The summed E-state index contributed by atoms with van der Waals surface area (Å²) in [4.78, 5) is 5.75. The summed E-state index contributed by atoms with van der Waals surface area (Å²) in [6, 6.07) is 8.29. The van der Waals surface area contributed by atoms with Crippen molar-refractivity contribution in [2.24, 2.45) is 5.73 Å². The Morgan fingerprint density at radius 3 is 2.94 bits per heavy atom. The highest BCUT2D eigenvalue weighted by atomic mass is 32.1. The van der Waals surface area contributed by atoms with Gasteiger partial charge in [0.15, 0.2) is 0 Å². The lowest BCUT2D eigenvalue weighted by molar-refractivity contribution is 0.632. The molecule has 16 heavy (non-hydrogen) atoms. The molecule has 1 atom stereocenters. The minimum absolute atomic E-state index is 0.0447. The predicted molar refractivity (Wildman–Crippen MR) is 68.5 cm³/mol. The highest BCUT2D eigenvalue weighted by Gasteiger charge is 2.10. The van der Waals surface area contributed by atoms with E-state index in [4.69, 9.17) is 5.73 Å². The molecular weight excluding hydrogens is 216 g/mol. The molecule has 0 saturated heterocycles. The Balaban J connectivity index is 1.98. The van der Waals surface area contributed by atoms with Gasteiger partial charge in [-0.2, -0.15) is 0 Å². The lowest BCUT2D eigenvalue weighted by Gasteiger charge is -2.12. The van der Waals surface area contributed by atoms with Crippen LogP contribution in [0.15, 0.2) is 35.8 Å². The molecule has 2 N–H and O–H groups in total. The number of rotatable bonds is 4. The first kappa shape index (κ1) is 11.3. The van der Waals surface area contributed by atoms with Gasteiger partial charge in [-0.1, -0.05) is 12.1 Å². The fourth-order valence-corrected chi connectivity index (χ4v) is 2.50. The summed E-state index contributed by atoms with van der Waals surface area (Å²) >= 11 is 1.79. The zero-order valence-electron chi connectivity index (χ0n) is 9.39. The van der Waals surface area contributed by atoms with Crippen molar-refractivity contribution in [1.82, 2.24) is 4.98 Å². The third-order valence-corrected chi connectivity index (χ3v) is 3.62. The van der Waals surface area contributed by atoms with Crippen LogP contribution in [-0.2, 0) is 6.42 Å². The highest BCUT2D eigenvalue weighted by Crippen LogP contribution is 2.19. The molecule has 0 bridgehead atoms. The average Bonchev–Trinajstić information content (AvgIpc) is 2.79. The number of thiophene rings is 1. The van der Waals surface area contributed by atoms with E-state index in [1.165, 1.54) is 10.4 Å². The van der Waals surface area contributed by atoms with E-state index in [2.05, 4.69) is 35.5 Å². The largest absolute Gasteiger partial charge is 0.323 e. The van der Waals surface area contributed by atoms with Crippen LogP contribution in [0.2, 0.25) is 0 Å². The topological polar surface area (TPSA) is 38.9 Å². The van der Waals surface area contributed by atoms with Gasteiger partial charge in [0, 0.05) is 17.1 Å². The van der Waals surface area contributed by atoms with E-state index in [0.29, 0.717) is 0 Å². The number of nitrogens with two attached hydrogens (primary N) is 1. The molecule has 0 fully saturated rings. The second-order valence-corrected chi connectivity index (χ2v) is 4.96. The van der Waals surface area contributed by atoms with Crippen molar-refractivity contribution < 1.29 is 0 Å². The number of nitrogens with zero attached hydrogens (tertiary/aromatic N) is 1. The first-order valence-electron chi connectivity index (χ1n) is 5.47. The second-order valence-electron chi connectivity index (χ2n) is 3.93. The summed E-state index contributed by atoms with van der Waals surface area (Å²) < 4.78 is 0. The molecule has 3 heteroatoms. The minimum Gasteiger partial charge on any atom is -0.323 e. The van der Waals surface area contributed by atoms with E-state index in [-0.39, 0.29) is 6.04 Å². The van der Waals surface area contributed by atoms with Crippen molar-refractivity contribution in [3.8, 4) is 0 Å². The van der Waals surface area contributed by atoms with Crippen LogP contribution < -0.4 is 5.73 Å². The summed E-state index contributed by atoms with van der Waals surface area (Å²) in [6.45, 7) is 2.06. The molecular formula is C13H16N2S. The summed E-state index contributed by atoms with van der Waals surface area (Å²) in [5, 5.41) is 2.10. The predicted octanol–water partition coefficient (Wildman–Crippen LogP) is 3.08. The van der Waals surface area contributed by atoms with E-state index >= 15 is 0 Å². The normalized spacial score (nSPS) is 12.6. The van der Waals surface area contributed by atoms with Crippen LogP contribution in [0.1, 0.15) is 28.6 Å². The fraction of sp³-hybridized carbons (Fsp3) is 0.308. The SMILES string of the molecule is Cc1cccnc1C(N)CCc1cccs1. The summed E-state index contributed by atoms with van der Waals surface area (Å²) in [6.07, 6.45) is 3.81. The summed E-state index contributed by atoms with van der Waals surface area (Å²) in [5.74, 6) is 0. The molecule has 0 aromatic carbocycles. The number of aryl methyl sites for hydroxylation is 2. The van der Waals surface area contributed by atoms with Gasteiger partial charge in [-0.3, -0.25) is 4.98 Å². The molecule has 2 rings (SSSR count). The summed E-state index contributed by atoms with van der Waals surface area (Å²) in [7, 11) is 0. The van der Waals surface area contributed by atoms with Gasteiger partial charge in [0.05, 0.1) is 5.69 Å². The molecule has 0 aliphatic carbocycles. The molecule has 0 aliphatic rings. The molecule has 0 amide bonds. The van der Waals surface area contributed by atoms with Crippen molar-refractivity contribution >= 4 is 11.3 Å². The van der Waals surface area contributed by atoms with Gasteiger partial charge >= 0.3 is 0 Å².